The molecule has 0 amide bonds. The molecule has 2 bridgehead atoms. The van der Waals surface area contributed by atoms with Crippen LogP contribution < -0.4 is 0 Å². The van der Waals surface area contributed by atoms with Gasteiger partial charge in [0.15, 0.2) is 5.79 Å². The zero-order valence-corrected chi connectivity index (χ0v) is 7.71. The summed E-state index contributed by atoms with van der Waals surface area (Å²) in [4.78, 5) is 0. The number of rotatable bonds is 1. The molecule has 0 aliphatic heterocycles. The Morgan fingerprint density at radius 1 is 1.08 bits per heavy atom. The summed E-state index contributed by atoms with van der Waals surface area (Å²) < 4.78 is 0. The molecule has 0 aromatic heterocycles. The first-order valence-electron chi connectivity index (χ1n) is 4.98. The molecule has 0 unspecified atom stereocenters. The Morgan fingerprint density at radius 2 is 1.50 bits per heavy atom. The molecule has 0 spiro atoms. The fourth-order valence-corrected chi connectivity index (χ4v) is 2.96. The number of hydrogen-bond acceptors (Lipinski definition) is 2. The molecular formula is C10H18O2. The van der Waals surface area contributed by atoms with Crippen LogP contribution in [0.3, 0.4) is 0 Å². The Balaban J connectivity index is 2.19. The van der Waals surface area contributed by atoms with E-state index in [2.05, 4.69) is 0 Å². The molecule has 0 radical (unpaired) electrons. The Hall–Kier alpha value is -0.0800. The Kier molecular flexibility index (Phi) is 1.74. The Bertz CT molecular complexity index is 159. The van der Waals surface area contributed by atoms with Gasteiger partial charge in [-0.15, -0.1) is 0 Å². The molecular weight excluding hydrogens is 152 g/mol. The minimum atomic E-state index is -1.45. The Labute approximate surface area is 73.6 Å². The van der Waals surface area contributed by atoms with E-state index >= 15 is 0 Å². The van der Waals surface area contributed by atoms with Gasteiger partial charge in [-0.2, -0.15) is 0 Å². The largest absolute Gasteiger partial charge is 0.365 e. The first-order valence-corrected chi connectivity index (χ1v) is 4.98. The van der Waals surface area contributed by atoms with Gasteiger partial charge in [0.1, 0.15) is 0 Å². The summed E-state index contributed by atoms with van der Waals surface area (Å²) in [5.74, 6) is -0.562. The van der Waals surface area contributed by atoms with Gasteiger partial charge in [-0.05, 0) is 51.4 Å². The van der Waals surface area contributed by atoms with Crippen molar-refractivity contribution in [3.8, 4) is 0 Å². The Morgan fingerprint density at radius 3 is 1.75 bits per heavy atom. The van der Waals surface area contributed by atoms with Crippen molar-refractivity contribution >= 4 is 0 Å². The van der Waals surface area contributed by atoms with Crippen molar-refractivity contribution < 1.29 is 10.2 Å². The van der Waals surface area contributed by atoms with E-state index in [4.69, 9.17) is 0 Å². The minimum Gasteiger partial charge on any atom is -0.365 e. The first-order chi connectivity index (χ1) is 5.54. The van der Waals surface area contributed by atoms with Crippen LogP contribution >= 0.6 is 0 Å². The van der Waals surface area contributed by atoms with E-state index in [1.54, 1.807) is 6.92 Å². The molecule has 0 aromatic carbocycles. The van der Waals surface area contributed by atoms with Crippen molar-refractivity contribution in [1.82, 2.24) is 0 Å². The standard InChI is InChI=1S/C10H18O2/c1-9(11,12)10-5-2-8(3-6-10)4-7-10/h8,11-12H,2-7H2,1H3. The summed E-state index contributed by atoms with van der Waals surface area (Å²) in [6.07, 6.45) is 6.66. The second-order valence-electron chi connectivity index (χ2n) is 4.78. The number of hydrogen-bond donors (Lipinski definition) is 2. The second kappa shape index (κ2) is 2.46. The SMILES string of the molecule is CC(O)(O)C12CCC(CC1)CC2. The molecule has 0 atom stereocenters. The van der Waals surface area contributed by atoms with E-state index < -0.39 is 5.79 Å². The van der Waals surface area contributed by atoms with E-state index in [9.17, 15) is 10.2 Å². The minimum absolute atomic E-state index is 0.165. The summed E-state index contributed by atoms with van der Waals surface area (Å²) in [6.45, 7) is 1.55. The lowest BCUT2D eigenvalue weighted by Gasteiger charge is -2.51. The first kappa shape index (κ1) is 8.52. The van der Waals surface area contributed by atoms with E-state index in [0.29, 0.717) is 0 Å². The molecule has 70 valence electrons. The van der Waals surface area contributed by atoms with Gasteiger partial charge in [0.05, 0.1) is 0 Å². The van der Waals surface area contributed by atoms with Crippen LogP contribution in [0.4, 0.5) is 0 Å². The number of aliphatic hydroxyl groups is 2. The van der Waals surface area contributed by atoms with Gasteiger partial charge in [0.2, 0.25) is 0 Å². The molecule has 3 aliphatic rings. The van der Waals surface area contributed by atoms with Crippen LogP contribution in [-0.4, -0.2) is 16.0 Å². The van der Waals surface area contributed by atoms with Crippen LogP contribution in [0.5, 0.6) is 0 Å². The summed E-state index contributed by atoms with van der Waals surface area (Å²) in [5.41, 5.74) is -0.165. The normalized spacial score (nSPS) is 41.8. The molecule has 2 N–H and O–H groups in total. The summed E-state index contributed by atoms with van der Waals surface area (Å²) in [6, 6.07) is 0. The molecule has 0 aromatic rings. The summed E-state index contributed by atoms with van der Waals surface area (Å²) in [5, 5.41) is 19.3. The van der Waals surface area contributed by atoms with Gasteiger partial charge in [0.25, 0.3) is 0 Å². The van der Waals surface area contributed by atoms with E-state index in [1.165, 1.54) is 19.3 Å². The van der Waals surface area contributed by atoms with Crippen molar-refractivity contribution in [2.24, 2.45) is 11.3 Å². The van der Waals surface area contributed by atoms with Crippen LogP contribution in [0.1, 0.15) is 45.4 Å². The van der Waals surface area contributed by atoms with Crippen molar-refractivity contribution in [2.75, 3.05) is 0 Å². The monoisotopic (exact) mass is 170 g/mol. The maximum Gasteiger partial charge on any atom is 0.165 e. The highest BCUT2D eigenvalue weighted by molar-refractivity contribution is 4.97. The zero-order chi connectivity index (χ0) is 8.82. The predicted octanol–water partition coefficient (Wildman–Crippen LogP) is 1.66. The molecule has 3 saturated carbocycles. The quantitative estimate of drug-likeness (QED) is 0.587. The van der Waals surface area contributed by atoms with Gasteiger partial charge >= 0.3 is 0 Å². The van der Waals surface area contributed by atoms with Gasteiger partial charge in [0, 0.05) is 5.41 Å². The van der Waals surface area contributed by atoms with Crippen LogP contribution in [0.2, 0.25) is 0 Å². The lowest BCUT2D eigenvalue weighted by molar-refractivity contribution is -0.255. The van der Waals surface area contributed by atoms with E-state index in [-0.39, 0.29) is 5.41 Å². The highest BCUT2D eigenvalue weighted by Crippen LogP contribution is 2.54. The average molecular weight is 170 g/mol. The van der Waals surface area contributed by atoms with Gasteiger partial charge in [-0.1, -0.05) is 0 Å². The molecule has 0 heterocycles. The van der Waals surface area contributed by atoms with Crippen molar-refractivity contribution in [2.45, 2.75) is 51.2 Å². The fourth-order valence-electron chi connectivity index (χ4n) is 2.96. The van der Waals surface area contributed by atoms with E-state index in [1.807, 2.05) is 0 Å². The van der Waals surface area contributed by atoms with Gasteiger partial charge in [-0.3, -0.25) is 0 Å². The molecule has 2 nitrogen and oxygen atoms in total. The molecule has 3 aliphatic carbocycles. The molecule has 3 rings (SSSR count). The zero-order valence-electron chi connectivity index (χ0n) is 7.71. The third-order valence-corrected chi connectivity index (χ3v) is 4.10. The molecule has 2 heteroatoms. The second-order valence-corrected chi connectivity index (χ2v) is 4.78. The third-order valence-electron chi connectivity index (χ3n) is 4.10. The van der Waals surface area contributed by atoms with Gasteiger partial charge < -0.3 is 10.2 Å². The highest BCUT2D eigenvalue weighted by Gasteiger charge is 2.50. The summed E-state index contributed by atoms with van der Waals surface area (Å²) in [7, 11) is 0. The molecule has 0 saturated heterocycles. The smallest absolute Gasteiger partial charge is 0.165 e. The molecule has 3 fully saturated rings. The maximum absolute atomic E-state index is 9.67. The number of fused-ring (bicyclic) bond motifs is 3. The topological polar surface area (TPSA) is 40.5 Å². The lowest BCUT2D eigenvalue weighted by atomic mass is 9.57. The average Bonchev–Trinajstić information content (AvgIpc) is 2.06. The van der Waals surface area contributed by atoms with Crippen LogP contribution in [0.25, 0.3) is 0 Å². The van der Waals surface area contributed by atoms with Crippen LogP contribution in [0.15, 0.2) is 0 Å². The third kappa shape index (κ3) is 1.09. The lowest BCUT2D eigenvalue weighted by Crippen LogP contribution is -2.51. The molecule has 12 heavy (non-hydrogen) atoms. The van der Waals surface area contributed by atoms with Crippen LogP contribution in [-0.2, 0) is 0 Å². The highest BCUT2D eigenvalue weighted by atomic mass is 16.5. The predicted molar refractivity (Wildman–Crippen MR) is 46.5 cm³/mol. The van der Waals surface area contributed by atoms with Crippen molar-refractivity contribution in [1.29, 1.82) is 0 Å². The van der Waals surface area contributed by atoms with Crippen LogP contribution in [0, 0.1) is 11.3 Å². The van der Waals surface area contributed by atoms with Crippen molar-refractivity contribution in [3.63, 3.8) is 0 Å². The maximum atomic E-state index is 9.67. The summed E-state index contributed by atoms with van der Waals surface area (Å²) >= 11 is 0. The van der Waals surface area contributed by atoms with E-state index in [0.717, 1.165) is 25.2 Å². The van der Waals surface area contributed by atoms with Crippen molar-refractivity contribution in [3.05, 3.63) is 0 Å². The van der Waals surface area contributed by atoms with Gasteiger partial charge in [-0.25, -0.2) is 0 Å². The fraction of sp³-hybridized carbons (Fsp3) is 1.00.